The second kappa shape index (κ2) is 8.85. The van der Waals surface area contributed by atoms with Crippen molar-refractivity contribution in [3.8, 4) is 17.0 Å². The van der Waals surface area contributed by atoms with Crippen LogP contribution in [0.2, 0.25) is 0 Å². The first-order valence-electron chi connectivity index (χ1n) is 10.9. The van der Waals surface area contributed by atoms with Crippen LogP contribution >= 0.6 is 0 Å². The van der Waals surface area contributed by atoms with Gasteiger partial charge in [-0.05, 0) is 36.6 Å². The molecule has 2 aliphatic rings. The van der Waals surface area contributed by atoms with Crippen LogP contribution in [-0.4, -0.2) is 53.8 Å². The van der Waals surface area contributed by atoms with Crippen molar-refractivity contribution in [3.05, 3.63) is 65.7 Å². The summed E-state index contributed by atoms with van der Waals surface area (Å²) < 4.78 is 5.47. The molecule has 1 amide bonds. The molecule has 0 atom stereocenters. The summed E-state index contributed by atoms with van der Waals surface area (Å²) in [4.78, 5) is 26.7. The van der Waals surface area contributed by atoms with Gasteiger partial charge in [0.2, 0.25) is 11.9 Å². The molecule has 2 aliphatic heterocycles. The van der Waals surface area contributed by atoms with Crippen molar-refractivity contribution in [2.75, 3.05) is 42.6 Å². The average Bonchev–Trinajstić information content (AvgIpc) is 3.27. The normalized spacial score (nSPS) is 15.4. The molecule has 7 nitrogen and oxygen atoms in total. The van der Waals surface area contributed by atoms with Crippen molar-refractivity contribution in [1.82, 2.24) is 9.97 Å². The van der Waals surface area contributed by atoms with Crippen LogP contribution in [0.4, 0.5) is 11.8 Å². The summed E-state index contributed by atoms with van der Waals surface area (Å²) in [6.45, 7) is 3.20. The van der Waals surface area contributed by atoms with Gasteiger partial charge in [0.05, 0.1) is 18.9 Å². The van der Waals surface area contributed by atoms with E-state index in [-0.39, 0.29) is 11.7 Å². The number of amides is 1. The Kier molecular flexibility index (Phi) is 5.61. The summed E-state index contributed by atoms with van der Waals surface area (Å²) in [6.07, 6.45) is 1.78. The molecule has 0 aliphatic carbocycles. The number of carbonyl (C=O) groups excluding carboxylic acids is 1. The lowest BCUT2D eigenvalue weighted by molar-refractivity contribution is -0.118. The summed E-state index contributed by atoms with van der Waals surface area (Å²) in [5, 5.41) is 9.94. The van der Waals surface area contributed by atoms with E-state index < -0.39 is 0 Å². The Morgan fingerprint density at radius 2 is 1.94 bits per heavy atom. The molecule has 7 heteroatoms. The van der Waals surface area contributed by atoms with Crippen molar-refractivity contribution in [2.24, 2.45) is 0 Å². The minimum atomic E-state index is 0.0107. The zero-order valence-corrected chi connectivity index (χ0v) is 17.8. The molecule has 32 heavy (non-hydrogen) atoms. The number of aromatic nitrogens is 2. The molecule has 1 saturated heterocycles. The van der Waals surface area contributed by atoms with E-state index in [0.717, 1.165) is 22.4 Å². The number of hydrogen-bond donors (Lipinski definition) is 1. The molecular weight excluding hydrogens is 404 g/mol. The second-order valence-corrected chi connectivity index (χ2v) is 7.95. The molecule has 2 aromatic carbocycles. The summed E-state index contributed by atoms with van der Waals surface area (Å²) in [5.74, 6) is 1.32. The molecule has 0 spiro atoms. The van der Waals surface area contributed by atoms with Crippen LogP contribution < -0.4 is 9.80 Å². The molecule has 3 aromatic rings. The molecule has 5 rings (SSSR count). The quantitative estimate of drug-likeness (QED) is 0.673. The van der Waals surface area contributed by atoms with Gasteiger partial charge in [0.15, 0.2) is 5.75 Å². The van der Waals surface area contributed by atoms with Crippen molar-refractivity contribution in [1.29, 1.82) is 0 Å². The number of hydrogen-bond acceptors (Lipinski definition) is 6. The van der Waals surface area contributed by atoms with Gasteiger partial charge >= 0.3 is 0 Å². The van der Waals surface area contributed by atoms with Crippen molar-refractivity contribution < 1.29 is 14.6 Å². The van der Waals surface area contributed by atoms with Crippen LogP contribution in [0.15, 0.2) is 42.5 Å². The Labute approximate surface area is 187 Å². The minimum Gasteiger partial charge on any atom is -0.501 e. The predicted molar refractivity (Wildman–Crippen MR) is 121 cm³/mol. The number of anilines is 2. The molecule has 1 fully saturated rings. The van der Waals surface area contributed by atoms with Crippen molar-refractivity contribution in [2.45, 2.75) is 19.3 Å². The zero-order valence-electron chi connectivity index (χ0n) is 17.8. The zero-order chi connectivity index (χ0) is 21.9. The van der Waals surface area contributed by atoms with Crippen LogP contribution in [-0.2, 0) is 22.4 Å². The predicted octanol–water partition coefficient (Wildman–Crippen LogP) is 2.81. The van der Waals surface area contributed by atoms with Crippen molar-refractivity contribution in [3.63, 3.8) is 0 Å². The van der Waals surface area contributed by atoms with Gasteiger partial charge in [-0.3, -0.25) is 9.69 Å². The van der Waals surface area contributed by atoms with E-state index in [1.807, 2.05) is 30.3 Å². The maximum atomic E-state index is 13.2. The molecule has 0 unspecified atom stereocenters. The highest BCUT2D eigenvalue weighted by atomic mass is 16.5. The second-order valence-electron chi connectivity index (χ2n) is 7.95. The lowest BCUT2D eigenvalue weighted by Crippen LogP contribution is -2.38. The highest BCUT2D eigenvalue weighted by Gasteiger charge is 2.31. The number of carbonyl (C=O) groups is 1. The highest BCUT2D eigenvalue weighted by Crippen LogP contribution is 2.36. The summed E-state index contributed by atoms with van der Waals surface area (Å²) in [7, 11) is 0. The van der Waals surface area contributed by atoms with E-state index in [1.165, 1.54) is 0 Å². The average molecular weight is 428 g/mol. The number of aryl methyl sites for hydroxylation is 1. The molecule has 1 N–H and O–H groups in total. The Hall–Kier alpha value is -3.63. The fourth-order valence-corrected chi connectivity index (χ4v) is 4.21. The monoisotopic (exact) mass is 428 g/mol. The highest BCUT2D eigenvalue weighted by molar-refractivity contribution is 5.96. The lowest BCUT2D eigenvalue weighted by atomic mass is 10.1. The van der Waals surface area contributed by atoms with Crippen LogP contribution in [0.1, 0.15) is 17.5 Å². The lowest BCUT2D eigenvalue weighted by Gasteiger charge is -2.28. The van der Waals surface area contributed by atoms with Crippen molar-refractivity contribution >= 4 is 17.7 Å². The molecular formula is C25H24N4O3. The first-order valence-corrected chi connectivity index (χ1v) is 10.9. The Morgan fingerprint density at radius 1 is 1.12 bits per heavy atom. The minimum absolute atomic E-state index is 0.0107. The Bertz CT molecular complexity index is 1110. The van der Waals surface area contributed by atoms with Gasteiger partial charge in [-0.15, -0.1) is 0 Å². The molecule has 0 bridgehead atoms. The van der Waals surface area contributed by atoms with Crippen LogP contribution in [0.3, 0.4) is 0 Å². The van der Waals surface area contributed by atoms with E-state index in [4.69, 9.17) is 14.7 Å². The number of ether oxygens (including phenoxy) is 1. The van der Waals surface area contributed by atoms with Crippen LogP contribution in [0, 0.1) is 12.1 Å². The Morgan fingerprint density at radius 3 is 2.72 bits per heavy atom. The summed E-state index contributed by atoms with van der Waals surface area (Å²) in [5.41, 5.74) is 3.54. The third-order valence-corrected chi connectivity index (χ3v) is 5.87. The van der Waals surface area contributed by atoms with Crippen LogP contribution in [0.25, 0.3) is 11.3 Å². The Balaban J connectivity index is 1.49. The molecule has 3 heterocycles. The topological polar surface area (TPSA) is 78.8 Å². The van der Waals surface area contributed by atoms with Gasteiger partial charge < -0.3 is 14.7 Å². The van der Waals surface area contributed by atoms with Gasteiger partial charge in [-0.1, -0.05) is 36.4 Å². The summed E-state index contributed by atoms with van der Waals surface area (Å²) >= 11 is 0. The third-order valence-electron chi connectivity index (χ3n) is 5.87. The van der Waals surface area contributed by atoms with Crippen LogP contribution in [0.5, 0.6) is 5.75 Å². The standard InChI is InChI=1S/C25H24N4O3/c30-20-8-4-7-19(17-20)23-21-11-12-29(22(31)10-9-18-5-2-1-3-6-18)24(21)27-25(26-23)28-13-15-32-16-14-28/h1-3,5-7,17,30H,9-16H2. The third kappa shape index (κ3) is 4.10. The first-order chi connectivity index (χ1) is 15.7. The van der Waals surface area contributed by atoms with Gasteiger partial charge in [0.25, 0.3) is 0 Å². The maximum Gasteiger partial charge on any atom is 0.228 e. The number of morpholine rings is 1. The van der Waals surface area contributed by atoms with E-state index in [0.29, 0.717) is 63.9 Å². The van der Waals surface area contributed by atoms with Gasteiger partial charge in [0, 0.05) is 37.2 Å². The van der Waals surface area contributed by atoms with E-state index in [2.05, 4.69) is 17.0 Å². The maximum absolute atomic E-state index is 13.2. The number of nitrogens with zero attached hydrogens (tertiary/aromatic N) is 4. The summed E-state index contributed by atoms with van der Waals surface area (Å²) in [6, 6.07) is 18.9. The van der Waals surface area contributed by atoms with E-state index in [1.54, 1.807) is 17.0 Å². The fraction of sp³-hybridized carbons (Fsp3) is 0.320. The molecule has 0 radical (unpaired) electrons. The van der Waals surface area contributed by atoms with Gasteiger partial charge in [-0.2, -0.15) is 4.98 Å². The first kappa shape index (κ1) is 20.3. The smallest absolute Gasteiger partial charge is 0.228 e. The van der Waals surface area contributed by atoms with Gasteiger partial charge in [-0.25, -0.2) is 4.98 Å². The molecule has 1 aromatic heterocycles. The SMILES string of the molecule is O=C(CCc1ccccc1)N1CCc2c(-c3cc#cc(O)c3)nc(N3CCOCC3)nc21. The number of fused-ring (bicyclic) bond motifs is 1. The molecule has 162 valence electrons. The number of rotatable bonds is 5. The number of aromatic hydroxyl groups is 1. The number of benzene rings is 1. The molecule has 0 saturated carbocycles. The van der Waals surface area contributed by atoms with E-state index >= 15 is 0 Å². The fourth-order valence-electron chi connectivity index (χ4n) is 4.21. The van der Waals surface area contributed by atoms with Gasteiger partial charge in [0.1, 0.15) is 5.82 Å². The van der Waals surface area contributed by atoms with E-state index in [9.17, 15) is 9.90 Å². The largest absolute Gasteiger partial charge is 0.501 e.